The van der Waals surface area contributed by atoms with Crippen molar-refractivity contribution in [2.24, 2.45) is 0 Å². The Kier molecular flexibility index (Phi) is 5.03. The molecule has 1 aliphatic rings. The smallest absolute Gasteiger partial charge is 0.257 e. The van der Waals surface area contributed by atoms with Crippen LogP contribution in [-0.4, -0.2) is 50.0 Å². The molecule has 0 saturated carbocycles. The third-order valence-electron chi connectivity index (χ3n) is 4.61. The maximum absolute atomic E-state index is 12.9. The fourth-order valence-electron chi connectivity index (χ4n) is 3.17. The van der Waals surface area contributed by atoms with E-state index in [4.69, 9.17) is 11.6 Å². The van der Waals surface area contributed by atoms with E-state index in [0.29, 0.717) is 16.9 Å². The molecule has 1 aromatic heterocycles. The molecule has 0 atom stereocenters. The summed E-state index contributed by atoms with van der Waals surface area (Å²) in [4.78, 5) is 27.5. The average Bonchev–Trinajstić information content (AvgIpc) is 3.42. The van der Waals surface area contributed by atoms with Gasteiger partial charge in [-0.25, -0.2) is 4.68 Å². The predicted octanol–water partition coefficient (Wildman–Crippen LogP) is 2.80. The second kappa shape index (κ2) is 7.77. The van der Waals surface area contributed by atoms with Crippen LogP contribution < -0.4 is 5.32 Å². The molecule has 3 aromatic rings. The van der Waals surface area contributed by atoms with Crippen molar-refractivity contribution >= 4 is 29.1 Å². The van der Waals surface area contributed by atoms with Crippen LogP contribution in [0.3, 0.4) is 0 Å². The van der Waals surface area contributed by atoms with Gasteiger partial charge < -0.3 is 10.2 Å². The summed E-state index contributed by atoms with van der Waals surface area (Å²) >= 11 is 6.23. The molecule has 0 radical (unpaired) electrons. The second-order valence-corrected chi connectivity index (χ2v) is 6.82. The first-order valence-corrected chi connectivity index (χ1v) is 9.24. The fraction of sp³-hybridized carbons (Fsp3) is 0.211. The van der Waals surface area contributed by atoms with E-state index >= 15 is 0 Å². The monoisotopic (exact) mass is 396 g/mol. The predicted molar refractivity (Wildman–Crippen MR) is 104 cm³/mol. The van der Waals surface area contributed by atoms with Crippen molar-refractivity contribution in [3.8, 4) is 5.69 Å². The van der Waals surface area contributed by atoms with Gasteiger partial charge in [0.25, 0.3) is 11.8 Å². The first kappa shape index (κ1) is 18.1. The maximum Gasteiger partial charge on any atom is 0.257 e. The molecule has 1 fully saturated rings. The lowest BCUT2D eigenvalue weighted by Crippen LogP contribution is -2.28. The fourth-order valence-corrected chi connectivity index (χ4v) is 3.37. The van der Waals surface area contributed by atoms with Gasteiger partial charge in [0.2, 0.25) is 0 Å². The van der Waals surface area contributed by atoms with Gasteiger partial charge in [-0.15, -0.1) is 5.10 Å². The number of amides is 2. The van der Waals surface area contributed by atoms with E-state index in [2.05, 4.69) is 20.8 Å². The molecule has 0 aliphatic carbocycles. The molecule has 1 N–H and O–H groups in total. The number of hydrogen-bond donors (Lipinski definition) is 1. The summed E-state index contributed by atoms with van der Waals surface area (Å²) in [5.41, 5.74) is 1.78. The van der Waals surface area contributed by atoms with Gasteiger partial charge in [0.1, 0.15) is 6.33 Å². The lowest BCUT2D eigenvalue weighted by atomic mass is 10.1. The number of carbonyl (C=O) groups is 2. The van der Waals surface area contributed by atoms with Crippen LogP contribution in [0.4, 0.5) is 5.69 Å². The molecule has 4 rings (SSSR count). The maximum atomic E-state index is 12.9. The summed E-state index contributed by atoms with van der Waals surface area (Å²) in [5.74, 6) is -0.497. The van der Waals surface area contributed by atoms with Crippen LogP contribution in [0.1, 0.15) is 33.6 Å². The number of nitrogens with zero attached hydrogens (tertiary/aromatic N) is 5. The van der Waals surface area contributed by atoms with Gasteiger partial charge in [-0.1, -0.05) is 23.7 Å². The van der Waals surface area contributed by atoms with Gasteiger partial charge in [-0.2, -0.15) is 0 Å². The molecule has 2 amide bonds. The molecule has 0 bridgehead atoms. The molecular weight excluding hydrogens is 380 g/mol. The summed E-state index contributed by atoms with van der Waals surface area (Å²) < 4.78 is 1.43. The number of rotatable bonds is 4. The number of hydrogen-bond acceptors (Lipinski definition) is 5. The Bertz CT molecular complexity index is 1020. The van der Waals surface area contributed by atoms with E-state index in [1.54, 1.807) is 47.4 Å². The molecular formula is C19H17ClN6O2. The molecule has 1 aliphatic heterocycles. The zero-order valence-electron chi connectivity index (χ0n) is 14.9. The number of nitrogens with one attached hydrogen (secondary N) is 1. The standard InChI is InChI=1S/C19H17ClN6O2/c20-16-8-7-13(26-12-21-23-24-26)11-15(16)18(27)22-17-6-2-1-5-14(17)19(28)25-9-3-4-10-25/h1-2,5-8,11-12H,3-4,9-10H2,(H,22,27). The van der Waals surface area contributed by atoms with Crippen LogP contribution >= 0.6 is 11.6 Å². The van der Waals surface area contributed by atoms with Crippen molar-refractivity contribution in [3.63, 3.8) is 0 Å². The largest absolute Gasteiger partial charge is 0.339 e. The van der Waals surface area contributed by atoms with Crippen LogP contribution in [0.5, 0.6) is 0 Å². The molecule has 8 nitrogen and oxygen atoms in total. The number of para-hydroxylation sites is 1. The number of carbonyl (C=O) groups excluding carboxylic acids is 2. The van der Waals surface area contributed by atoms with Gasteiger partial charge in [0.15, 0.2) is 0 Å². The van der Waals surface area contributed by atoms with E-state index in [0.717, 1.165) is 25.9 Å². The van der Waals surface area contributed by atoms with Crippen LogP contribution in [0.2, 0.25) is 5.02 Å². The Balaban J connectivity index is 1.61. The van der Waals surface area contributed by atoms with Gasteiger partial charge in [-0.3, -0.25) is 9.59 Å². The highest BCUT2D eigenvalue weighted by Crippen LogP contribution is 2.24. The molecule has 2 aromatic carbocycles. The van der Waals surface area contributed by atoms with Crippen molar-refractivity contribution in [1.29, 1.82) is 0 Å². The molecule has 142 valence electrons. The minimum atomic E-state index is -0.415. The quantitative estimate of drug-likeness (QED) is 0.731. The highest BCUT2D eigenvalue weighted by Gasteiger charge is 2.23. The molecule has 28 heavy (non-hydrogen) atoms. The molecule has 2 heterocycles. The third kappa shape index (κ3) is 3.59. The summed E-state index contributed by atoms with van der Waals surface area (Å²) in [5, 5.41) is 14.1. The topological polar surface area (TPSA) is 93.0 Å². The number of halogens is 1. The number of tetrazole rings is 1. The lowest BCUT2D eigenvalue weighted by molar-refractivity contribution is 0.0794. The SMILES string of the molecule is O=C(Nc1ccccc1C(=O)N1CCCC1)c1cc(-n2cnnn2)ccc1Cl. The van der Waals surface area contributed by atoms with Gasteiger partial charge in [0.05, 0.1) is 27.5 Å². The van der Waals surface area contributed by atoms with Crippen LogP contribution in [0, 0.1) is 0 Å². The van der Waals surface area contributed by atoms with Crippen molar-refractivity contribution in [2.75, 3.05) is 18.4 Å². The number of aromatic nitrogens is 4. The Morgan fingerprint density at radius 1 is 1.04 bits per heavy atom. The normalized spacial score (nSPS) is 13.5. The minimum Gasteiger partial charge on any atom is -0.339 e. The number of benzene rings is 2. The number of likely N-dealkylation sites (tertiary alicyclic amines) is 1. The Hall–Kier alpha value is -3.26. The van der Waals surface area contributed by atoms with Crippen molar-refractivity contribution < 1.29 is 9.59 Å². The van der Waals surface area contributed by atoms with E-state index in [1.165, 1.54) is 11.0 Å². The summed E-state index contributed by atoms with van der Waals surface area (Å²) in [6.07, 6.45) is 3.43. The summed E-state index contributed by atoms with van der Waals surface area (Å²) in [6.45, 7) is 1.47. The van der Waals surface area contributed by atoms with E-state index in [9.17, 15) is 9.59 Å². The second-order valence-electron chi connectivity index (χ2n) is 6.42. The minimum absolute atomic E-state index is 0.0815. The van der Waals surface area contributed by atoms with E-state index in [-0.39, 0.29) is 16.5 Å². The molecule has 1 saturated heterocycles. The third-order valence-corrected chi connectivity index (χ3v) is 4.94. The molecule has 0 unspecified atom stereocenters. The summed E-state index contributed by atoms with van der Waals surface area (Å²) in [7, 11) is 0. The number of anilines is 1. The van der Waals surface area contributed by atoms with Gasteiger partial charge in [-0.05, 0) is 53.6 Å². The Labute approximate surface area is 166 Å². The van der Waals surface area contributed by atoms with Crippen molar-refractivity contribution in [1.82, 2.24) is 25.1 Å². The molecule has 9 heteroatoms. The summed E-state index contributed by atoms with van der Waals surface area (Å²) in [6, 6.07) is 11.9. The zero-order chi connectivity index (χ0) is 19.5. The highest BCUT2D eigenvalue weighted by atomic mass is 35.5. The van der Waals surface area contributed by atoms with Crippen LogP contribution in [0.25, 0.3) is 5.69 Å². The first-order valence-electron chi connectivity index (χ1n) is 8.86. The van der Waals surface area contributed by atoms with Gasteiger partial charge >= 0.3 is 0 Å². The van der Waals surface area contributed by atoms with E-state index < -0.39 is 5.91 Å². The van der Waals surface area contributed by atoms with Crippen molar-refractivity contribution in [3.05, 3.63) is 64.9 Å². The average molecular weight is 397 g/mol. The van der Waals surface area contributed by atoms with E-state index in [1.807, 2.05) is 0 Å². The first-order chi connectivity index (χ1) is 13.6. The van der Waals surface area contributed by atoms with Gasteiger partial charge in [0, 0.05) is 13.1 Å². The Morgan fingerprint density at radius 2 is 1.82 bits per heavy atom. The van der Waals surface area contributed by atoms with Crippen LogP contribution in [0.15, 0.2) is 48.8 Å². The van der Waals surface area contributed by atoms with Crippen LogP contribution in [-0.2, 0) is 0 Å². The lowest BCUT2D eigenvalue weighted by Gasteiger charge is -2.18. The highest BCUT2D eigenvalue weighted by molar-refractivity contribution is 6.34. The molecule has 0 spiro atoms. The van der Waals surface area contributed by atoms with Crippen molar-refractivity contribution in [2.45, 2.75) is 12.8 Å². The zero-order valence-corrected chi connectivity index (χ0v) is 15.6. The Morgan fingerprint density at radius 3 is 2.57 bits per heavy atom.